The van der Waals surface area contributed by atoms with E-state index in [1.165, 1.54) is 26.4 Å². The van der Waals surface area contributed by atoms with Gasteiger partial charge in [0.2, 0.25) is 0 Å². The van der Waals surface area contributed by atoms with Crippen molar-refractivity contribution in [3.63, 3.8) is 0 Å². The van der Waals surface area contributed by atoms with Crippen molar-refractivity contribution in [2.24, 2.45) is 11.8 Å². The van der Waals surface area contributed by atoms with Crippen LogP contribution in [-0.2, 0) is 14.9 Å². The maximum Gasteiger partial charge on any atom is 0.308 e. The maximum absolute atomic E-state index is 12.2. The van der Waals surface area contributed by atoms with Crippen molar-refractivity contribution in [2.75, 3.05) is 7.11 Å². The summed E-state index contributed by atoms with van der Waals surface area (Å²) in [7, 11) is 1.41. The Labute approximate surface area is 182 Å². The van der Waals surface area contributed by atoms with Crippen LogP contribution in [0.25, 0.3) is 0 Å². The van der Waals surface area contributed by atoms with E-state index in [4.69, 9.17) is 4.74 Å². The van der Waals surface area contributed by atoms with Crippen LogP contribution in [0.4, 0.5) is 0 Å². The predicted octanol–water partition coefficient (Wildman–Crippen LogP) is 6.59. The van der Waals surface area contributed by atoms with Gasteiger partial charge in [0.1, 0.15) is 11.5 Å². The van der Waals surface area contributed by atoms with E-state index in [1.807, 2.05) is 19.1 Å². The van der Waals surface area contributed by atoms with Crippen molar-refractivity contribution in [1.82, 2.24) is 0 Å². The third-order valence-corrected chi connectivity index (χ3v) is 6.96. The molecule has 0 heterocycles. The highest BCUT2D eigenvalue weighted by Gasteiger charge is 2.38. The van der Waals surface area contributed by atoms with Gasteiger partial charge in [0.15, 0.2) is 0 Å². The molecule has 4 heteroatoms. The molecule has 168 valence electrons. The minimum absolute atomic E-state index is 0.119. The van der Waals surface area contributed by atoms with Gasteiger partial charge in [-0.3, -0.25) is 4.79 Å². The Morgan fingerprint density at radius 3 is 2.33 bits per heavy atom. The molecule has 4 nitrogen and oxygen atoms in total. The van der Waals surface area contributed by atoms with Gasteiger partial charge in [-0.1, -0.05) is 58.6 Å². The summed E-state index contributed by atoms with van der Waals surface area (Å²) in [5.41, 5.74) is 2.38. The van der Waals surface area contributed by atoms with Crippen molar-refractivity contribution >= 4 is 5.97 Å². The second-order valence-electron chi connectivity index (χ2n) is 9.72. The fourth-order valence-electron chi connectivity index (χ4n) is 4.99. The highest BCUT2D eigenvalue weighted by atomic mass is 16.5. The van der Waals surface area contributed by atoms with E-state index >= 15 is 0 Å². The van der Waals surface area contributed by atoms with Gasteiger partial charge >= 0.3 is 5.97 Å². The molecule has 3 atom stereocenters. The first-order valence-corrected chi connectivity index (χ1v) is 11.4. The summed E-state index contributed by atoms with van der Waals surface area (Å²) >= 11 is 0. The van der Waals surface area contributed by atoms with E-state index in [9.17, 15) is 15.0 Å². The summed E-state index contributed by atoms with van der Waals surface area (Å²) < 4.78 is 4.96. The Balaban J connectivity index is 2.33. The molecule has 2 rings (SSSR count). The number of ether oxygens (including phenoxy) is 1. The molecule has 2 N–H and O–H groups in total. The van der Waals surface area contributed by atoms with Gasteiger partial charge in [0, 0.05) is 5.56 Å². The Bertz CT molecular complexity index is 726. The highest BCUT2D eigenvalue weighted by molar-refractivity contribution is 5.72. The molecule has 0 bridgehead atoms. The van der Waals surface area contributed by atoms with Crippen molar-refractivity contribution in [3.05, 3.63) is 35.4 Å². The summed E-state index contributed by atoms with van der Waals surface area (Å²) in [6.07, 6.45) is 7.86. The van der Waals surface area contributed by atoms with Crippen molar-refractivity contribution < 1.29 is 19.7 Å². The molecule has 1 aromatic rings. The highest BCUT2D eigenvalue weighted by Crippen LogP contribution is 2.50. The van der Waals surface area contributed by atoms with Crippen LogP contribution in [-0.4, -0.2) is 23.3 Å². The van der Waals surface area contributed by atoms with Gasteiger partial charge in [-0.2, -0.15) is 0 Å². The molecule has 1 aliphatic carbocycles. The molecule has 0 aliphatic heterocycles. The van der Waals surface area contributed by atoms with Crippen LogP contribution in [0, 0.1) is 11.8 Å². The standard InChI is InChI=1S/C26H40O4/c1-7-8-9-10-13-26(4,5)19-15-22(27)24(23(28)16-19)21-14-18(25(29)30-6)11-12-20(21)17(2)3/h15-16,18,20-21,27-28H,2,7-14H2,1,3-6H3/t18-,20+,21-/m1/s1. The van der Waals surface area contributed by atoms with Crippen LogP contribution in [0.2, 0.25) is 0 Å². The number of allylic oxidation sites excluding steroid dienone is 1. The van der Waals surface area contributed by atoms with Crippen LogP contribution in [0.5, 0.6) is 11.5 Å². The van der Waals surface area contributed by atoms with Gasteiger partial charge in [0.25, 0.3) is 0 Å². The zero-order chi connectivity index (χ0) is 22.5. The van der Waals surface area contributed by atoms with Crippen LogP contribution in [0.1, 0.15) is 96.1 Å². The first kappa shape index (κ1) is 24.3. The number of hydrogen-bond donors (Lipinski definition) is 2. The third-order valence-electron chi connectivity index (χ3n) is 6.96. The lowest BCUT2D eigenvalue weighted by atomic mass is 9.68. The van der Waals surface area contributed by atoms with E-state index in [0.29, 0.717) is 12.0 Å². The number of hydrogen-bond acceptors (Lipinski definition) is 4. The van der Waals surface area contributed by atoms with Crippen molar-refractivity contribution in [2.45, 2.75) is 90.4 Å². The Kier molecular flexibility index (Phi) is 8.40. The number of carbonyl (C=O) groups is 1. The minimum Gasteiger partial charge on any atom is -0.508 e. The molecule has 0 saturated heterocycles. The number of phenols is 2. The molecule has 0 unspecified atom stereocenters. The number of esters is 1. The summed E-state index contributed by atoms with van der Waals surface area (Å²) in [6.45, 7) is 12.6. The molecule has 0 radical (unpaired) electrons. The summed E-state index contributed by atoms with van der Waals surface area (Å²) in [5, 5.41) is 21.9. The minimum atomic E-state index is -0.219. The molecule has 1 saturated carbocycles. The fourth-order valence-corrected chi connectivity index (χ4v) is 4.99. The van der Waals surface area contributed by atoms with Gasteiger partial charge in [0.05, 0.1) is 13.0 Å². The van der Waals surface area contributed by atoms with Gasteiger partial charge in [-0.25, -0.2) is 0 Å². The lowest BCUT2D eigenvalue weighted by Crippen LogP contribution is -2.29. The monoisotopic (exact) mass is 416 g/mol. The third kappa shape index (κ3) is 5.59. The van der Waals surface area contributed by atoms with E-state index < -0.39 is 0 Å². The zero-order valence-corrected chi connectivity index (χ0v) is 19.5. The Hall–Kier alpha value is -1.97. The lowest BCUT2D eigenvalue weighted by molar-refractivity contribution is -0.147. The number of rotatable bonds is 9. The lowest BCUT2D eigenvalue weighted by Gasteiger charge is -2.37. The van der Waals surface area contributed by atoms with Gasteiger partial charge in [-0.15, -0.1) is 0 Å². The molecule has 1 fully saturated rings. The predicted molar refractivity (Wildman–Crippen MR) is 122 cm³/mol. The fraction of sp³-hybridized carbons (Fsp3) is 0.654. The summed E-state index contributed by atoms with van der Waals surface area (Å²) in [5.74, 6) is -0.229. The van der Waals surface area contributed by atoms with E-state index in [2.05, 4.69) is 27.4 Å². The average molecular weight is 417 g/mol. The molecular weight excluding hydrogens is 376 g/mol. The normalized spacial score (nSPS) is 22.0. The second kappa shape index (κ2) is 10.4. The number of unbranched alkanes of at least 4 members (excludes halogenated alkanes) is 3. The summed E-state index contributed by atoms with van der Waals surface area (Å²) in [4.78, 5) is 12.2. The quantitative estimate of drug-likeness (QED) is 0.270. The second-order valence-corrected chi connectivity index (χ2v) is 9.72. The topological polar surface area (TPSA) is 66.8 Å². The maximum atomic E-state index is 12.2. The number of carbonyl (C=O) groups excluding carboxylic acids is 1. The van der Waals surface area contributed by atoms with Crippen molar-refractivity contribution in [3.8, 4) is 11.5 Å². The van der Waals surface area contributed by atoms with E-state index in [1.54, 1.807) is 0 Å². The Morgan fingerprint density at radius 1 is 1.17 bits per heavy atom. The largest absolute Gasteiger partial charge is 0.508 e. The summed E-state index contributed by atoms with van der Waals surface area (Å²) in [6, 6.07) is 3.62. The molecule has 1 aromatic carbocycles. The van der Waals surface area contributed by atoms with Crippen LogP contribution in [0.15, 0.2) is 24.3 Å². The van der Waals surface area contributed by atoms with E-state index in [0.717, 1.165) is 36.8 Å². The first-order valence-electron chi connectivity index (χ1n) is 11.4. The number of phenolic OH excluding ortho intramolecular Hbond substituents is 2. The molecule has 30 heavy (non-hydrogen) atoms. The van der Waals surface area contributed by atoms with Crippen molar-refractivity contribution in [1.29, 1.82) is 0 Å². The average Bonchev–Trinajstić information content (AvgIpc) is 2.69. The number of benzene rings is 1. The van der Waals surface area contributed by atoms with Crippen LogP contribution in [0.3, 0.4) is 0 Å². The molecular formula is C26H40O4. The van der Waals surface area contributed by atoms with Gasteiger partial charge in [-0.05, 0) is 67.6 Å². The molecule has 1 aliphatic rings. The molecule has 0 aromatic heterocycles. The van der Waals surface area contributed by atoms with Gasteiger partial charge < -0.3 is 14.9 Å². The first-order chi connectivity index (χ1) is 14.1. The number of aromatic hydroxyl groups is 2. The van der Waals surface area contributed by atoms with Crippen LogP contribution >= 0.6 is 0 Å². The Morgan fingerprint density at radius 2 is 1.80 bits per heavy atom. The SMILES string of the molecule is C=C(C)[C@@H]1CC[C@@H](C(=O)OC)C[C@H]1c1c(O)cc(C(C)(C)CCCCCC)cc1O. The zero-order valence-electron chi connectivity index (χ0n) is 19.5. The molecule has 0 amide bonds. The smallest absolute Gasteiger partial charge is 0.308 e. The molecule has 0 spiro atoms. The van der Waals surface area contributed by atoms with Crippen LogP contribution < -0.4 is 0 Å². The van der Waals surface area contributed by atoms with E-state index in [-0.39, 0.29) is 40.6 Å². The number of methoxy groups -OCH3 is 1.